The van der Waals surface area contributed by atoms with E-state index in [1.54, 1.807) is 13.3 Å². The second-order valence-corrected chi connectivity index (χ2v) is 4.76. The second kappa shape index (κ2) is 8.92. The number of hydrogen-bond acceptors (Lipinski definition) is 3. The van der Waals surface area contributed by atoms with Crippen LogP contribution in [0.5, 0.6) is 5.88 Å². The van der Waals surface area contributed by atoms with Gasteiger partial charge in [-0.25, -0.2) is 4.98 Å². The van der Waals surface area contributed by atoms with Gasteiger partial charge in [0.25, 0.3) is 0 Å². The lowest BCUT2D eigenvalue weighted by Crippen LogP contribution is -2.12. The van der Waals surface area contributed by atoms with Gasteiger partial charge < -0.3 is 10.5 Å². The van der Waals surface area contributed by atoms with Crippen LogP contribution in [0, 0.1) is 0 Å². The first-order valence-corrected chi connectivity index (χ1v) is 7.04. The van der Waals surface area contributed by atoms with Gasteiger partial charge in [-0.15, -0.1) is 0 Å². The van der Waals surface area contributed by atoms with Crippen molar-refractivity contribution in [2.75, 3.05) is 7.11 Å². The van der Waals surface area contributed by atoms with E-state index in [1.165, 1.54) is 38.5 Å². The molecule has 0 fully saturated rings. The number of methoxy groups -OCH3 is 1. The van der Waals surface area contributed by atoms with Crippen LogP contribution in [-0.4, -0.2) is 12.1 Å². The largest absolute Gasteiger partial charge is 0.481 e. The van der Waals surface area contributed by atoms with Crippen molar-refractivity contribution >= 4 is 0 Å². The molecule has 0 spiro atoms. The third-order valence-corrected chi connectivity index (χ3v) is 3.26. The maximum atomic E-state index is 6.19. The van der Waals surface area contributed by atoms with Crippen molar-refractivity contribution in [3.05, 3.63) is 23.9 Å². The van der Waals surface area contributed by atoms with E-state index in [-0.39, 0.29) is 6.04 Å². The fourth-order valence-corrected chi connectivity index (χ4v) is 2.16. The van der Waals surface area contributed by atoms with Gasteiger partial charge in [0.2, 0.25) is 5.88 Å². The van der Waals surface area contributed by atoms with Crippen LogP contribution in [0.2, 0.25) is 0 Å². The average molecular weight is 250 g/mol. The van der Waals surface area contributed by atoms with E-state index in [2.05, 4.69) is 11.9 Å². The Hall–Kier alpha value is -1.09. The molecule has 1 rings (SSSR count). The monoisotopic (exact) mass is 250 g/mol. The summed E-state index contributed by atoms with van der Waals surface area (Å²) >= 11 is 0. The molecule has 0 amide bonds. The fourth-order valence-electron chi connectivity index (χ4n) is 2.16. The van der Waals surface area contributed by atoms with E-state index < -0.39 is 0 Å². The smallest absolute Gasteiger partial charge is 0.217 e. The molecule has 1 unspecified atom stereocenters. The number of aromatic nitrogens is 1. The Morgan fingerprint density at radius 2 is 1.94 bits per heavy atom. The summed E-state index contributed by atoms with van der Waals surface area (Å²) in [6.07, 6.45) is 10.5. The zero-order chi connectivity index (χ0) is 13.2. The Morgan fingerprint density at radius 1 is 1.22 bits per heavy atom. The Bertz CT molecular complexity index is 328. The number of pyridine rings is 1. The molecule has 0 aromatic carbocycles. The summed E-state index contributed by atoms with van der Waals surface area (Å²) < 4.78 is 5.23. The standard InChI is InChI=1S/C15H26N2O/c1-3-4-5-6-7-8-11-14(16)13-10-9-12-17-15(13)18-2/h9-10,12,14H,3-8,11,16H2,1-2H3. The molecule has 0 saturated carbocycles. The first-order valence-electron chi connectivity index (χ1n) is 7.04. The van der Waals surface area contributed by atoms with Gasteiger partial charge in [-0.05, 0) is 12.5 Å². The SMILES string of the molecule is CCCCCCCCC(N)c1cccnc1OC. The quantitative estimate of drug-likeness (QED) is 0.677. The van der Waals surface area contributed by atoms with E-state index in [9.17, 15) is 0 Å². The van der Waals surface area contributed by atoms with Crippen LogP contribution in [-0.2, 0) is 0 Å². The first kappa shape index (κ1) is 15.0. The van der Waals surface area contributed by atoms with Crippen LogP contribution in [0.1, 0.15) is 63.5 Å². The van der Waals surface area contributed by atoms with E-state index in [4.69, 9.17) is 10.5 Å². The lowest BCUT2D eigenvalue weighted by molar-refractivity contribution is 0.386. The van der Waals surface area contributed by atoms with Crippen molar-refractivity contribution in [2.45, 2.75) is 57.9 Å². The number of rotatable bonds is 9. The second-order valence-electron chi connectivity index (χ2n) is 4.76. The third kappa shape index (κ3) is 5.05. The van der Waals surface area contributed by atoms with Crippen LogP contribution < -0.4 is 10.5 Å². The predicted octanol–water partition coefficient (Wildman–Crippen LogP) is 3.84. The Balaban J connectivity index is 2.29. The highest BCUT2D eigenvalue weighted by atomic mass is 16.5. The fraction of sp³-hybridized carbons (Fsp3) is 0.667. The van der Waals surface area contributed by atoms with E-state index >= 15 is 0 Å². The van der Waals surface area contributed by atoms with Crippen LogP contribution in [0.4, 0.5) is 0 Å². The van der Waals surface area contributed by atoms with Gasteiger partial charge in [-0.2, -0.15) is 0 Å². The third-order valence-electron chi connectivity index (χ3n) is 3.26. The molecule has 0 aliphatic heterocycles. The molecule has 1 heterocycles. The van der Waals surface area contributed by atoms with Crippen molar-refractivity contribution < 1.29 is 4.74 Å². The maximum Gasteiger partial charge on any atom is 0.217 e. The summed E-state index contributed by atoms with van der Waals surface area (Å²) in [4.78, 5) is 4.18. The molecule has 1 aromatic heterocycles. The summed E-state index contributed by atoms with van der Waals surface area (Å²) in [5.74, 6) is 0.663. The van der Waals surface area contributed by atoms with Crippen LogP contribution in [0.3, 0.4) is 0 Å². The van der Waals surface area contributed by atoms with Gasteiger partial charge in [0.1, 0.15) is 0 Å². The summed E-state index contributed by atoms with van der Waals surface area (Å²) in [6, 6.07) is 3.96. The van der Waals surface area contributed by atoms with Crippen molar-refractivity contribution in [2.24, 2.45) is 5.73 Å². The van der Waals surface area contributed by atoms with Gasteiger partial charge >= 0.3 is 0 Å². The lowest BCUT2D eigenvalue weighted by Gasteiger charge is -2.14. The summed E-state index contributed by atoms with van der Waals surface area (Å²) in [7, 11) is 1.64. The number of nitrogens with zero attached hydrogens (tertiary/aromatic N) is 1. The number of hydrogen-bond donors (Lipinski definition) is 1. The van der Waals surface area contributed by atoms with Gasteiger partial charge in [-0.1, -0.05) is 51.5 Å². The topological polar surface area (TPSA) is 48.1 Å². The molecule has 3 heteroatoms. The molecular weight excluding hydrogens is 224 g/mol. The molecule has 0 aliphatic rings. The molecule has 1 atom stereocenters. The van der Waals surface area contributed by atoms with Crippen molar-refractivity contribution in [3.8, 4) is 5.88 Å². The molecule has 2 N–H and O–H groups in total. The summed E-state index contributed by atoms with van der Waals surface area (Å²) in [6.45, 7) is 2.24. The molecule has 18 heavy (non-hydrogen) atoms. The lowest BCUT2D eigenvalue weighted by atomic mass is 10.0. The number of nitrogens with two attached hydrogens (primary N) is 1. The highest BCUT2D eigenvalue weighted by Crippen LogP contribution is 2.24. The van der Waals surface area contributed by atoms with Crippen molar-refractivity contribution in [1.82, 2.24) is 4.98 Å². The minimum Gasteiger partial charge on any atom is -0.481 e. The number of ether oxygens (including phenoxy) is 1. The molecule has 0 saturated heterocycles. The Kier molecular flexibility index (Phi) is 7.42. The van der Waals surface area contributed by atoms with E-state index in [0.29, 0.717) is 5.88 Å². The van der Waals surface area contributed by atoms with Crippen LogP contribution in [0.25, 0.3) is 0 Å². The minimum absolute atomic E-state index is 0.0415. The van der Waals surface area contributed by atoms with Gasteiger partial charge in [0, 0.05) is 17.8 Å². The highest BCUT2D eigenvalue weighted by molar-refractivity contribution is 5.28. The zero-order valence-corrected chi connectivity index (χ0v) is 11.7. The highest BCUT2D eigenvalue weighted by Gasteiger charge is 2.11. The van der Waals surface area contributed by atoms with E-state index in [0.717, 1.165) is 12.0 Å². The van der Waals surface area contributed by atoms with Crippen LogP contribution in [0.15, 0.2) is 18.3 Å². The molecule has 102 valence electrons. The first-order chi connectivity index (χ1) is 8.79. The summed E-state index contributed by atoms with van der Waals surface area (Å²) in [5, 5.41) is 0. The normalized spacial score (nSPS) is 12.4. The molecule has 1 aromatic rings. The minimum atomic E-state index is 0.0415. The predicted molar refractivity (Wildman–Crippen MR) is 75.7 cm³/mol. The Morgan fingerprint density at radius 3 is 2.67 bits per heavy atom. The van der Waals surface area contributed by atoms with Crippen molar-refractivity contribution in [3.63, 3.8) is 0 Å². The molecule has 0 radical (unpaired) electrons. The molecule has 0 bridgehead atoms. The summed E-state index contributed by atoms with van der Waals surface area (Å²) in [5.41, 5.74) is 7.21. The molecular formula is C15H26N2O. The van der Waals surface area contributed by atoms with Gasteiger partial charge in [0.05, 0.1) is 7.11 Å². The zero-order valence-electron chi connectivity index (χ0n) is 11.7. The van der Waals surface area contributed by atoms with Crippen molar-refractivity contribution in [1.29, 1.82) is 0 Å². The molecule has 0 aliphatic carbocycles. The number of unbranched alkanes of at least 4 members (excludes halogenated alkanes) is 5. The average Bonchev–Trinajstić information content (AvgIpc) is 2.42. The Labute approximate surface area is 111 Å². The van der Waals surface area contributed by atoms with Gasteiger partial charge in [-0.3, -0.25) is 0 Å². The maximum absolute atomic E-state index is 6.19. The van der Waals surface area contributed by atoms with E-state index in [1.807, 2.05) is 12.1 Å². The van der Waals surface area contributed by atoms with Crippen LogP contribution >= 0.6 is 0 Å². The molecule has 3 nitrogen and oxygen atoms in total. The van der Waals surface area contributed by atoms with Gasteiger partial charge in [0.15, 0.2) is 0 Å².